The van der Waals surface area contributed by atoms with Gasteiger partial charge in [-0.15, -0.1) is 0 Å². The van der Waals surface area contributed by atoms with Crippen LogP contribution in [0.25, 0.3) is 0 Å². The Kier molecular flexibility index (Phi) is 5.36. The standard InChI is InChI=1S/C20H15F3N2O3/c21-20(22,23)16-6-3-7-17(9-16)25-11-15(8-18(25)26)19(27)28-12-14-5-2-1-4-13(14)10-24/h1-7,9,15H,8,11-12H2/t15-/m0/s1. The van der Waals surface area contributed by atoms with Crippen LogP contribution in [0.3, 0.4) is 0 Å². The first kappa shape index (κ1) is 19.4. The van der Waals surface area contributed by atoms with E-state index in [-0.39, 0.29) is 25.3 Å². The Labute approximate surface area is 158 Å². The molecule has 0 aliphatic carbocycles. The molecule has 0 unspecified atom stereocenters. The Morgan fingerprint density at radius 1 is 1.21 bits per heavy atom. The van der Waals surface area contributed by atoms with Crippen LogP contribution in [-0.4, -0.2) is 18.4 Å². The summed E-state index contributed by atoms with van der Waals surface area (Å²) in [7, 11) is 0. The molecule has 1 amide bonds. The van der Waals surface area contributed by atoms with E-state index in [0.717, 1.165) is 17.0 Å². The second kappa shape index (κ2) is 7.72. The Bertz CT molecular complexity index is 950. The van der Waals surface area contributed by atoms with Crippen molar-refractivity contribution < 1.29 is 27.5 Å². The van der Waals surface area contributed by atoms with E-state index in [2.05, 4.69) is 0 Å². The normalized spacial score (nSPS) is 16.7. The summed E-state index contributed by atoms with van der Waals surface area (Å²) in [5, 5.41) is 9.05. The first-order valence-corrected chi connectivity index (χ1v) is 8.42. The average Bonchev–Trinajstić information content (AvgIpc) is 3.07. The summed E-state index contributed by atoms with van der Waals surface area (Å²) in [6.07, 6.45) is -4.67. The summed E-state index contributed by atoms with van der Waals surface area (Å²) >= 11 is 0. The van der Waals surface area contributed by atoms with E-state index in [1.54, 1.807) is 24.3 Å². The number of hydrogen-bond donors (Lipinski definition) is 0. The highest BCUT2D eigenvalue weighted by Gasteiger charge is 2.37. The van der Waals surface area contributed by atoms with Crippen LogP contribution in [0.4, 0.5) is 18.9 Å². The van der Waals surface area contributed by atoms with Crippen LogP contribution in [0.2, 0.25) is 0 Å². The zero-order valence-corrected chi connectivity index (χ0v) is 14.6. The molecule has 2 aromatic rings. The van der Waals surface area contributed by atoms with Gasteiger partial charge < -0.3 is 9.64 Å². The van der Waals surface area contributed by atoms with E-state index in [0.29, 0.717) is 11.1 Å². The number of rotatable bonds is 4. The molecule has 1 atom stereocenters. The van der Waals surface area contributed by atoms with Crippen LogP contribution in [0.5, 0.6) is 0 Å². The molecule has 1 heterocycles. The van der Waals surface area contributed by atoms with Crippen LogP contribution >= 0.6 is 0 Å². The van der Waals surface area contributed by atoms with Gasteiger partial charge in [-0.1, -0.05) is 24.3 Å². The summed E-state index contributed by atoms with van der Waals surface area (Å²) in [6, 6.07) is 13.1. The fraction of sp³-hybridized carbons (Fsp3) is 0.250. The highest BCUT2D eigenvalue weighted by Crippen LogP contribution is 2.33. The predicted octanol–water partition coefficient (Wildman–Crippen LogP) is 3.67. The Morgan fingerprint density at radius 2 is 1.96 bits per heavy atom. The largest absolute Gasteiger partial charge is 0.460 e. The summed E-state index contributed by atoms with van der Waals surface area (Å²) in [6.45, 7) is -0.171. The second-order valence-corrected chi connectivity index (χ2v) is 6.33. The van der Waals surface area contributed by atoms with Gasteiger partial charge in [-0.05, 0) is 24.3 Å². The lowest BCUT2D eigenvalue weighted by Gasteiger charge is -2.18. The molecular weight excluding hydrogens is 373 g/mol. The highest BCUT2D eigenvalue weighted by atomic mass is 19.4. The molecule has 28 heavy (non-hydrogen) atoms. The third kappa shape index (κ3) is 4.14. The van der Waals surface area contributed by atoms with Crippen LogP contribution in [0.1, 0.15) is 23.1 Å². The van der Waals surface area contributed by atoms with E-state index in [4.69, 9.17) is 10.00 Å². The van der Waals surface area contributed by atoms with Gasteiger partial charge in [0.1, 0.15) is 6.61 Å². The number of ether oxygens (including phenoxy) is 1. The van der Waals surface area contributed by atoms with Gasteiger partial charge in [0.15, 0.2) is 0 Å². The number of alkyl halides is 3. The molecule has 0 N–H and O–H groups in total. The lowest BCUT2D eigenvalue weighted by molar-refractivity contribution is -0.149. The minimum atomic E-state index is -4.52. The van der Waals surface area contributed by atoms with Crippen molar-refractivity contribution in [2.24, 2.45) is 5.92 Å². The van der Waals surface area contributed by atoms with Crippen LogP contribution in [0.15, 0.2) is 48.5 Å². The van der Waals surface area contributed by atoms with E-state index in [1.165, 1.54) is 12.1 Å². The molecule has 1 aliphatic rings. The van der Waals surface area contributed by atoms with Gasteiger partial charge in [-0.3, -0.25) is 9.59 Å². The molecule has 1 fully saturated rings. The number of carbonyl (C=O) groups excluding carboxylic acids is 2. The minimum Gasteiger partial charge on any atom is -0.460 e. The van der Waals surface area contributed by atoms with Crippen molar-refractivity contribution in [2.75, 3.05) is 11.4 Å². The van der Waals surface area contributed by atoms with Crippen molar-refractivity contribution in [2.45, 2.75) is 19.2 Å². The molecule has 8 heteroatoms. The number of anilines is 1. The third-order valence-electron chi connectivity index (χ3n) is 4.45. The number of benzene rings is 2. The SMILES string of the molecule is N#Cc1ccccc1COC(=O)[C@H]1CC(=O)N(c2cccc(C(F)(F)F)c2)C1. The van der Waals surface area contributed by atoms with Gasteiger partial charge in [-0.2, -0.15) is 18.4 Å². The van der Waals surface area contributed by atoms with Crippen LogP contribution in [0, 0.1) is 17.2 Å². The van der Waals surface area contributed by atoms with Crippen molar-refractivity contribution in [3.8, 4) is 6.07 Å². The number of amides is 1. The van der Waals surface area contributed by atoms with E-state index < -0.39 is 29.5 Å². The van der Waals surface area contributed by atoms with Gasteiger partial charge in [0.25, 0.3) is 0 Å². The van der Waals surface area contributed by atoms with Gasteiger partial charge in [0.05, 0.1) is 23.1 Å². The number of esters is 1. The molecular formula is C20H15F3N2O3. The van der Waals surface area contributed by atoms with Gasteiger partial charge >= 0.3 is 12.1 Å². The fourth-order valence-corrected chi connectivity index (χ4v) is 2.99. The van der Waals surface area contributed by atoms with Gasteiger partial charge in [-0.25, -0.2) is 0 Å². The number of nitrogens with zero attached hydrogens (tertiary/aromatic N) is 2. The van der Waals surface area contributed by atoms with Crippen molar-refractivity contribution >= 4 is 17.6 Å². The maximum Gasteiger partial charge on any atom is 0.416 e. The second-order valence-electron chi connectivity index (χ2n) is 6.33. The lowest BCUT2D eigenvalue weighted by atomic mass is 10.1. The van der Waals surface area contributed by atoms with Crippen LogP contribution in [-0.2, 0) is 27.1 Å². The van der Waals surface area contributed by atoms with E-state index in [1.807, 2.05) is 6.07 Å². The monoisotopic (exact) mass is 388 g/mol. The van der Waals surface area contributed by atoms with Gasteiger partial charge in [0, 0.05) is 24.2 Å². The Balaban J connectivity index is 1.67. The molecule has 5 nitrogen and oxygen atoms in total. The fourth-order valence-electron chi connectivity index (χ4n) is 2.99. The van der Waals surface area contributed by atoms with Crippen molar-refractivity contribution in [3.63, 3.8) is 0 Å². The predicted molar refractivity (Wildman–Crippen MR) is 92.9 cm³/mol. The molecule has 0 spiro atoms. The maximum absolute atomic E-state index is 12.9. The summed E-state index contributed by atoms with van der Waals surface area (Å²) in [5.41, 5.74) is 0.141. The quantitative estimate of drug-likeness (QED) is 0.750. The van der Waals surface area contributed by atoms with Crippen LogP contribution < -0.4 is 4.90 Å². The molecule has 0 aromatic heterocycles. The number of nitriles is 1. The number of halogens is 3. The molecule has 1 saturated heterocycles. The maximum atomic E-state index is 12.9. The zero-order valence-electron chi connectivity index (χ0n) is 14.6. The minimum absolute atomic E-state index is 0.0567. The third-order valence-corrected chi connectivity index (χ3v) is 4.45. The van der Waals surface area contributed by atoms with Crippen molar-refractivity contribution in [1.29, 1.82) is 5.26 Å². The molecule has 3 rings (SSSR count). The number of hydrogen-bond acceptors (Lipinski definition) is 4. The van der Waals surface area contributed by atoms with E-state index >= 15 is 0 Å². The molecule has 0 saturated carbocycles. The summed E-state index contributed by atoms with van der Waals surface area (Å²) < 4.78 is 43.9. The number of carbonyl (C=O) groups is 2. The Hall–Kier alpha value is -3.34. The summed E-state index contributed by atoms with van der Waals surface area (Å²) in [4.78, 5) is 25.7. The zero-order chi connectivity index (χ0) is 20.3. The Morgan fingerprint density at radius 3 is 2.68 bits per heavy atom. The van der Waals surface area contributed by atoms with Crippen molar-refractivity contribution in [3.05, 3.63) is 65.2 Å². The first-order valence-electron chi connectivity index (χ1n) is 8.42. The average molecular weight is 388 g/mol. The smallest absolute Gasteiger partial charge is 0.416 e. The molecule has 1 aliphatic heterocycles. The first-order chi connectivity index (χ1) is 13.3. The topological polar surface area (TPSA) is 70.4 Å². The summed E-state index contributed by atoms with van der Waals surface area (Å²) in [5.74, 6) is -1.86. The molecule has 0 bridgehead atoms. The molecule has 144 valence electrons. The van der Waals surface area contributed by atoms with E-state index in [9.17, 15) is 22.8 Å². The lowest BCUT2D eigenvalue weighted by Crippen LogP contribution is -2.26. The highest BCUT2D eigenvalue weighted by molar-refractivity contribution is 5.99. The van der Waals surface area contributed by atoms with Gasteiger partial charge in [0.2, 0.25) is 5.91 Å². The van der Waals surface area contributed by atoms with Crippen molar-refractivity contribution in [1.82, 2.24) is 0 Å². The molecule has 2 aromatic carbocycles. The molecule has 0 radical (unpaired) electrons.